The van der Waals surface area contributed by atoms with Crippen LogP contribution in [0.5, 0.6) is 0 Å². The molecule has 1 heterocycles. The molecule has 25 heavy (non-hydrogen) atoms. The third kappa shape index (κ3) is 3.37. The molecule has 1 aromatic rings. The fraction of sp³-hybridized carbons (Fsp3) is 0.500. The van der Waals surface area contributed by atoms with Gasteiger partial charge in [0.2, 0.25) is 0 Å². The second kappa shape index (κ2) is 7.92. The van der Waals surface area contributed by atoms with E-state index in [1.807, 2.05) is 0 Å². The molecule has 0 bridgehead atoms. The fourth-order valence-electron chi connectivity index (χ4n) is 4.22. The van der Waals surface area contributed by atoms with E-state index >= 15 is 0 Å². The van der Waals surface area contributed by atoms with Gasteiger partial charge in [0, 0.05) is 23.8 Å². The van der Waals surface area contributed by atoms with E-state index in [0.29, 0.717) is 11.3 Å². The highest BCUT2D eigenvalue weighted by Gasteiger charge is 2.45. The van der Waals surface area contributed by atoms with Gasteiger partial charge in [0.25, 0.3) is 0 Å². The molecule has 1 aliphatic heterocycles. The molecule has 1 aromatic carbocycles. The van der Waals surface area contributed by atoms with E-state index < -0.39 is 0 Å². The molecule has 3 rings (SSSR count). The number of nitrogens with one attached hydrogen (secondary N) is 1. The number of unbranched alkanes of at least 4 members (excludes halogenated alkanes) is 2. The molecule has 136 valence electrons. The molecule has 0 aromatic heterocycles. The first kappa shape index (κ1) is 18.5. The van der Waals surface area contributed by atoms with E-state index in [9.17, 15) is 0 Å². The Hall–Kier alpha value is -1.32. The Morgan fingerprint density at radius 1 is 1.24 bits per heavy atom. The fourth-order valence-corrected chi connectivity index (χ4v) is 6.55. The Kier molecular flexibility index (Phi) is 5.85. The molecule has 0 spiro atoms. The van der Waals surface area contributed by atoms with Crippen LogP contribution in [0.25, 0.3) is 0 Å². The second-order valence-electron chi connectivity index (χ2n) is 7.26. The van der Waals surface area contributed by atoms with Crippen LogP contribution in [-0.2, 0) is 0 Å². The van der Waals surface area contributed by atoms with E-state index in [0.717, 1.165) is 6.54 Å². The molecular weight excluding hydrogens is 324 g/mol. The van der Waals surface area contributed by atoms with Gasteiger partial charge in [-0.1, -0.05) is 79.9 Å². The predicted octanol–water partition coefficient (Wildman–Crippen LogP) is 5.46. The Morgan fingerprint density at radius 3 is 2.80 bits per heavy atom. The largest absolute Gasteiger partial charge is 0.324 e. The predicted molar refractivity (Wildman–Crippen MR) is 115 cm³/mol. The van der Waals surface area contributed by atoms with Crippen LogP contribution in [0.1, 0.15) is 51.6 Å². The van der Waals surface area contributed by atoms with Gasteiger partial charge in [0.1, 0.15) is 0 Å². The van der Waals surface area contributed by atoms with Gasteiger partial charge in [-0.05, 0) is 36.9 Å². The smallest absolute Gasteiger partial charge is 0.0509 e. The highest BCUT2D eigenvalue weighted by Crippen LogP contribution is 2.54. The second-order valence-corrected chi connectivity index (χ2v) is 9.48. The van der Waals surface area contributed by atoms with Crippen LogP contribution in [0.4, 0.5) is 5.69 Å². The lowest BCUT2D eigenvalue weighted by Gasteiger charge is -2.42. The number of rotatable bonds is 5. The molecular formula is C22H32N2S. The molecule has 1 aliphatic carbocycles. The zero-order valence-electron chi connectivity index (χ0n) is 16.0. The van der Waals surface area contributed by atoms with Gasteiger partial charge in [-0.25, -0.2) is 0 Å². The van der Waals surface area contributed by atoms with Gasteiger partial charge in [-0.15, -0.1) is 0 Å². The zero-order valence-corrected chi connectivity index (χ0v) is 16.9. The number of nitrogens with zero attached hydrogens (tertiary/aromatic N) is 1. The third-order valence-electron chi connectivity index (χ3n) is 5.62. The summed E-state index contributed by atoms with van der Waals surface area (Å²) in [7, 11) is 2.33. The van der Waals surface area contributed by atoms with E-state index in [2.05, 4.69) is 91.4 Å². The Bertz CT molecular complexity index is 691. The van der Waals surface area contributed by atoms with Crippen LogP contribution in [-0.4, -0.2) is 24.2 Å². The summed E-state index contributed by atoms with van der Waals surface area (Å²) in [6, 6.07) is 9.30. The Morgan fingerprint density at radius 2 is 2.04 bits per heavy atom. The zero-order chi connectivity index (χ0) is 17.9. The number of para-hydroxylation sites is 1. The minimum absolute atomic E-state index is 0.0697. The van der Waals surface area contributed by atoms with Gasteiger partial charge in [0.15, 0.2) is 0 Å². The topological polar surface area (TPSA) is 15.3 Å². The van der Waals surface area contributed by atoms with E-state index in [1.165, 1.54) is 30.5 Å². The highest BCUT2D eigenvalue weighted by molar-refractivity contribution is 8.16. The van der Waals surface area contributed by atoms with Crippen molar-refractivity contribution in [3.05, 3.63) is 54.1 Å². The average molecular weight is 357 g/mol. The van der Waals surface area contributed by atoms with E-state index in [1.54, 1.807) is 0 Å². The maximum absolute atomic E-state index is 3.94. The van der Waals surface area contributed by atoms with Crippen molar-refractivity contribution in [3.8, 4) is 0 Å². The summed E-state index contributed by atoms with van der Waals surface area (Å²) in [4.78, 5) is 0. The van der Waals surface area contributed by atoms with Crippen molar-refractivity contribution in [3.63, 3.8) is 0 Å². The number of anilines is 1. The molecule has 0 radical (unpaired) electrons. The summed E-state index contributed by atoms with van der Waals surface area (Å²) < 4.78 is 2.50. The molecule has 1 N–H and O–H groups in total. The molecule has 2 nitrogen and oxygen atoms in total. The first-order valence-electron chi connectivity index (χ1n) is 9.57. The molecule has 0 saturated carbocycles. The summed E-state index contributed by atoms with van der Waals surface area (Å²) in [5, 5.41) is 6.82. The van der Waals surface area contributed by atoms with Crippen molar-refractivity contribution in [2.24, 2.45) is 5.41 Å². The first-order chi connectivity index (χ1) is 12.1. The van der Waals surface area contributed by atoms with Crippen LogP contribution in [0, 0.1) is 5.41 Å². The van der Waals surface area contributed by atoms with Crippen molar-refractivity contribution in [2.45, 2.75) is 51.3 Å². The molecule has 0 fully saturated rings. The van der Waals surface area contributed by atoms with Crippen molar-refractivity contribution < 1.29 is 0 Å². The standard InChI is InChI=1S/C22H32N2S/c1-5-7-12-17-23-21-18-13-8-9-14-19(18)24(4)25(6-2)20-15-10-11-16-22(20,21)3/h6,8-11,13-16,20-21,23H,5,7,12,17H2,1-4H3. The van der Waals surface area contributed by atoms with Crippen molar-refractivity contribution in [1.29, 1.82) is 0 Å². The van der Waals surface area contributed by atoms with Crippen molar-refractivity contribution in [2.75, 3.05) is 17.9 Å². The monoisotopic (exact) mass is 356 g/mol. The lowest BCUT2D eigenvalue weighted by atomic mass is 9.73. The first-order valence-corrected chi connectivity index (χ1v) is 10.9. The number of hydrogen-bond acceptors (Lipinski definition) is 2. The van der Waals surface area contributed by atoms with Gasteiger partial charge in [0.05, 0.1) is 5.69 Å². The number of hydrogen-bond donors (Lipinski definition) is 1. The van der Waals surface area contributed by atoms with E-state index in [4.69, 9.17) is 0 Å². The van der Waals surface area contributed by atoms with Crippen molar-refractivity contribution >= 4 is 21.7 Å². The number of fused-ring (bicyclic) bond motifs is 2. The van der Waals surface area contributed by atoms with Crippen LogP contribution >= 0.6 is 10.7 Å². The molecule has 2 aliphatic rings. The Labute approximate surface area is 156 Å². The van der Waals surface area contributed by atoms with E-state index in [-0.39, 0.29) is 16.1 Å². The number of allylic oxidation sites excluding steroid dienone is 2. The van der Waals surface area contributed by atoms with Crippen LogP contribution < -0.4 is 9.62 Å². The van der Waals surface area contributed by atoms with Crippen molar-refractivity contribution in [1.82, 2.24) is 5.32 Å². The average Bonchev–Trinajstić information content (AvgIpc) is 2.70. The van der Waals surface area contributed by atoms with Crippen LogP contribution in [0.15, 0.2) is 48.6 Å². The summed E-state index contributed by atoms with van der Waals surface area (Å²) in [5.41, 5.74) is 2.89. The molecule has 3 heteroatoms. The van der Waals surface area contributed by atoms with Gasteiger partial charge in [-0.2, -0.15) is 0 Å². The summed E-state index contributed by atoms with van der Waals surface area (Å²) in [6.07, 6.45) is 13.1. The van der Waals surface area contributed by atoms with Crippen LogP contribution in [0.2, 0.25) is 0 Å². The summed E-state index contributed by atoms with van der Waals surface area (Å²) in [6.45, 7) is 8.00. The highest BCUT2D eigenvalue weighted by atomic mass is 32.2. The maximum atomic E-state index is 3.94. The Balaban J connectivity index is 2.07. The molecule has 4 unspecified atom stereocenters. The lowest BCUT2D eigenvalue weighted by Crippen LogP contribution is -2.42. The SMILES string of the molecule is C/C=S1\C2C=CC=CC2(C)C(NCCCCC)c2ccccc2N1C. The quantitative estimate of drug-likeness (QED) is 0.556. The summed E-state index contributed by atoms with van der Waals surface area (Å²) in [5.74, 6) is 0. The minimum Gasteiger partial charge on any atom is -0.324 e. The normalized spacial score (nSPS) is 30.9. The summed E-state index contributed by atoms with van der Waals surface area (Å²) >= 11 is 0. The number of benzene rings is 1. The van der Waals surface area contributed by atoms with Gasteiger partial charge >= 0.3 is 0 Å². The molecule has 4 atom stereocenters. The van der Waals surface area contributed by atoms with Crippen LogP contribution in [0.3, 0.4) is 0 Å². The minimum atomic E-state index is 0.0697. The molecule has 0 saturated heterocycles. The third-order valence-corrected chi connectivity index (χ3v) is 8.12. The van der Waals surface area contributed by atoms with Gasteiger partial charge in [-0.3, -0.25) is 0 Å². The lowest BCUT2D eigenvalue weighted by molar-refractivity contribution is 0.294. The molecule has 0 amide bonds. The van der Waals surface area contributed by atoms with Gasteiger partial charge < -0.3 is 9.62 Å². The maximum Gasteiger partial charge on any atom is 0.0509 e.